The number of aromatic nitrogens is 2. The summed E-state index contributed by atoms with van der Waals surface area (Å²) in [5, 5.41) is 11.8. The van der Waals surface area contributed by atoms with Crippen LogP contribution in [0.1, 0.15) is 32.4 Å². The summed E-state index contributed by atoms with van der Waals surface area (Å²) >= 11 is 0. The van der Waals surface area contributed by atoms with Gasteiger partial charge < -0.3 is 24.1 Å². The highest BCUT2D eigenvalue weighted by atomic mass is 16.5. The van der Waals surface area contributed by atoms with Crippen LogP contribution in [0.2, 0.25) is 0 Å². The number of carboxylic acids is 1. The third-order valence-corrected chi connectivity index (χ3v) is 3.25. The lowest BCUT2D eigenvalue weighted by molar-refractivity contribution is 0.0656. The average molecular weight is 291 g/mol. The molecule has 0 aromatic carbocycles. The van der Waals surface area contributed by atoms with Gasteiger partial charge in [-0.15, -0.1) is 0 Å². The first kappa shape index (κ1) is 13.4. The number of aromatic carboxylic acids is 1. The number of amides is 1. The van der Waals surface area contributed by atoms with E-state index in [1.807, 2.05) is 0 Å². The van der Waals surface area contributed by atoms with E-state index in [-0.39, 0.29) is 24.6 Å². The molecule has 0 fully saturated rings. The van der Waals surface area contributed by atoms with Crippen LogP contribution in [0.5, 0.6) is 0 Å². The Hall–Kier alpha value is -2.61. The normalized spacial score (nSPS) is 13.7. The van der Waals surface area contributed by atoms with Crippen molar-refractivity contribution in [2.24, 2.45) is 0 Å². The van der Waals surface area contributed by atoms with E-state index in [1.54, 1.807) is 4.57 Å². The van der Waals surface area contributed by atoms with Gasteiger partial charge in [-0.1, -0.05) is 0 Å². The predicted molar refractivity (Wildman–Crippen MR) is 68.7 cm³/mol. The molecule has 110 valence electrons. The number of nitrogens with one attached hydrogen (secondary N) is 1. The van der Waals surface area contributed by atoms with Crippen molar-refractivity contribution in [2.75, 3.05) is 6.61 Å². The number of carboxylic acid groups (broad SMARTS) is 1. The van der Waals surface area contributed by atoms with E-state index in [0.29, 0.717) is 30.4 Å². The largest absolute Gasteiger partial charge is 0.478 e. The third kappa shape index (κ3) is 2.52. The van der Waals surface area contributed by atoms with Crippen molar-refractivity contribution in [3.05, 3.63) is 41.4 Å². The van der Waals surface area contributed by atoms with Gasteiger partial charge in [0, 0.05) is 6.54 Å². The number of fused-ring (bicyclic) bond motifs is 1. The molecule has 0 atom stereocenters. The van der Waals surface area contributed by atoms with Gasteiger partial charge in [0.05, 0.1) is 37.2 Å². The molecule has 0 bridgehead atoms. The van der Waals surface area contributed by atoms with E-state index in [1.165, 1.54) is 18.5 Å². The highest BCUT2D eigenvalue weighted by Gasteiger charge is 2.25. The maximum atomic E-state index is 12.2. The Morgan fingerprint density at radius 3 is 3.05 bits per heavy atom. The van der Waals surface area contributed by atoms with E-state index in [0.717, 1.165) is 0 Å². The molecular weight excluding hydrogens is 278 g/mol. The summed E-state index contributed by atoms with van der Waals surface area (Å²) in [6, 6.07) is 1.37. The fourth-order valence-corrected chi connectivity index (χ4v) is 2.28. The summed E-state index contributed by atoms with van der Waals surface area (Å²) in [4.78, 5) is 27.3. The quantitative estimate of drug-likeness (QED) is 0.856. The van der Waals surface area contributed by atoms with Crippen LogP contribution in [-0.2, 0) is 24.4 Å². The fourth-order valence-electron chi connectivity index (χ4n) is 2.28. The Labute approximate surface area is 119 Å². The molecule has 3 rings (SSSR count). The second kappa shape index (κ2) is 5.41. The van der Waals surface area contributed by atoms with E-state index in [2.05, 4.69) is 10.3 Å². The number of carbonyl (C=O) groups excluding carboxylic acids is 1. The molecule has 0 unspecified atom stereocenters. The summed E-state index contributed by atoms with van der Waals surface area (Å²) in [5.74, 6) is -1.06. The van der Waals surface area contributed by atoms with Crippen molar-refractivity contribution in [3.63, 3.8) is 0 Å². The van der Waals surface area contributed by atoms with Crippen LogP contribution in [0.25, 0.3) is 0 Å². The average Bonchev–Trinajstić information content (AvgIpc) is 3.12. The van der Waals surface area contributed by atoms with Crippen LogP contribution >= 0.6 is 0 Å². The topological polar surface area (TPSA) is 107 Å². The van der Waals surface area contributed by atoms with E-state index in [9.17, 15) is 14.7 Å². The van der Waals surface area contributed by atoms with Gasteiger partial charge in [0.2, 0.25) is 5.89 Å². The third-order valence-electron chi connectivity index (χ3n) is 3.25. The van der Waals surface area contributed by atoms with Crippen LogP contribution in [-0.4, -0.2) is 33.1 Å². The lowest BCUT2D eigenvalue weighted by atomic mass is 10.2. The smallest absolute Gasteiger partial charge is 0.337 e. The number of nitrogens with zero attached hydrogens (tertiary/aromatic N) is 2. The highest BCUT2D eigenvalue weighted by Crippen LogP contribution is 2.21. The molecule has 8 heteroatoms. The van der Waals surface area contributed by atoms with Crippen LogP contribution < -0.4 is 5.32 Å². The molecule has 0 radical (unpaired) electrons. The molecule has 0 saturated heterocycles. The molecule has 1 amide bonds. The zero-order valence-corrected chi connectivity index (χ0v) is 11.0. The van der Waals surface area contributed by atoms with Crippen LogP contribution in [0.4, 0.5) is 0 Å². The Kier molecular flexibility index (Phi) is 3.44. The minimum atomic E-state index is -1.07. The molecule has 2 N–H and O–H groups in total. The molecule has 2 aromatic rings. The second-order valence-corrected chi connectivity index (χ2v) is 4.51. The number of rotatable bonds is 4. The highest BCUT2D eigenvalue weighted by molar-refractivity contribution is 5.97. The van der Waals surface area contributed by atoms with Gasteiger partial charge in [-0.05, 0) is 6.07 Å². The van der Waals surface area contributed by atoms with Gasteiger partial charge in [-0.3, -0.25) is 4.79 Å². The number of oxazole rings is 1. The van der Waals surface area contributed by atoms with Gasteiger partial charge in [-0.25, -0.2) is 9.78 Å². The summed E-state index contributed by atoms with van der Waals surface area (Å²) in [5.41, 5.74) is 0.906. The van der Waals surface area contributed by atoms with Crippen molar-refractivity contribution >= 4 is 11.9 Å². The first-order chi connectivity index (χ1) is 10.2. The Morgan fingerprint density at radius 1 is 1.48 bits per heavy atom. The van der Waals surface area contributed by atoms with Crippen molar-refractivity contribution in [1.82, 2.24) is 14.9 Å². The molecule has 8 nitrogen and oxygen atoms in total. The maximum absolute atomic E-state index is 12.2. The van der Waals surface area contributed by atoms with E-state index in [4.69, 9.17) is 9.15 Å². The lowest BCUT2D eigenvalue weighted by Gasteiger charge is -2.18. The molecule has 1 aliphatic heterocycles. The monoisotopic (exact) mass is 291 g/mol. The van der Waals surface area contributed by atoms with E-state index < -0.39 is 5.97 Å². The summed E-state index contributed by atoms with van der Waals surface area (Å²) in [6.45, 7) is 1.23. The molecule has 3 heterocycles. The zero-order chi connectivity index (χ0) is 14.8. The van der Waals surface area contributed by atoms with Gasteiger partial charge in [0.1, 0.15) is 12.0 Å². The molecule has 0 aliphatic carbocycles. The number of ether oxygens (including phenoxy) is 1. The van der Waals surface area contributed by atoms with Gasteiger partial charge in [-0.2, -0.15) is 0 Å². The Bertz CT molecular complexity index is 674. The first-order valence-corrected chi connectivity index (χ1v) is 6.37. The van der Waals surface area contributed by atoms with Crippen molar-refractivity contribution in [3.8, 4) is 0 Å². The lowest BCUT2D eigenvalue weighted by Crippen LogP contribution is -2.28. The summed E-state index contributed by atoms with van der Waals surface area (Å²) in [7, 11) is 0. The molecule has 0 spiro atoms. The molecule has 2 aromatic heterocycles. The zero-order valence-electron chi connectivity index (χ0n) is 11.0. The van der Waals surface area contributed by atoms with Gasteiger partial charge >= 0.3 is 5.97 Å². The van der Waals surface area contributed by atoms with E-state index >= 15 is 0 Å². The second-order valence-electron chi connectivity index (χ2n) is 4.51. The summed E-state index contributed by atoms with van der Waals surface area (Å²) in [6.07, 6.45) is 2.90. The number of carbonyl (C=O) groups is 2. The Balaban J connectivity index is 1.84. The van der Waals surface area contributed by atoms with Gasteiger partial charge in [0.25, 0.3) is 5.91 Å². The number of hydrogen-bond donors (Lipinski definition) is 2. The maximum Gasteiger partial charge on any atom is 0.337 e. The molecule has 0 saturated carbocycles. The molecule has 1 aliphatic rings. The number of hydrogen-bond acceptors (Lipinski definition) is 5. The van der Waals surface area contributed by atoms with Crippen molar-refractivity contribution in [1.29, 1.82) is 0 Å². The summed E-state index contributed by atoms with van der Waals surface area (Å²) < 4.78 is 12.0. The minimum Gasteiger partial charge on any atom is -0.478 e. The standard InChI is InChI=1S/C13H13N3O5/c17-12(15-6-11-14-1-3-21-11)9-5-8(13(18)19)10-7-20-4-2-16(9)10/h1,3,5H,2,4,6-7H2,(H,15,17)(H,18,19). The fraction of sp³-hybridized carbons (Fsp3) is 0.308. The van der Waals surface area contributed by atoms with Crippen molar-refractivity contribution in [2.45, 2.75) is 19.7 Å². The van der Waals surface area contributed by atoms with Crippen LogP contribution in [0, 0.1) is 0 Å². The van der Waals surface area contributed by atoms with Gasteiger partial charge in [0.15, 0.2) is 0 Å². The molecular formula is C13H13N3O5. The SMILES string of the molecule is O=C(O)c1cc(C(=O)NCc2ncco2)n2c1COCC2. The minimum absolute atomic E-state index is 0.0935. The van der Waals surface area contributed by atoms with Crippen LogP contribution in [0.15, 0.2) is 22.9 Å². The first-order valence-electron chi connectivity index (χ1n) is 6.37. The molecule has 21 heavy (non-hydrogen) atoms. The van der Waals surface area contributed by atoms with Crippen LogP contribution in [0.3, 0.4) is 0 Å². The Morgan fingerprint density at radius 2 is 2.33 bits per heavy atom. The predicted octanol–water partition coefficient (Wildman–Crippen LogP) is 0.634. The van der Waals surface area contributed by atoms with Crippen molar-refractivity contribution < 1.29 is 23.8 Å².